The van der Waals surface area contributed by atoms with E-state index in [-0.39, 0.29) is 18.4 Å². The lowest BCUT2D eigenvalue weighted by Crippen LogP contribution is -2.35. The Hall–Kier alpha value is -3.52. The second-order valence-electron chi connectivity index (χ2n) is 7.82. The molecule has 0 atom stereocenters. The van der Waals surface area contributed by atoms with Crippen LogP contribution in [0.4, 0.5) is 5.69 Å². The van der Waals surface area contributed by atoms with Crippen LogP contribution in [0, 0.1) is 27.7 Å². The normalized spacial score (nSPS) is 11.0. The number of likely N-dealkylation sites (N-methyl/N-ethyl adjacent to an activating group) is 1. The van der Waals surface area contributed by atoms with Crippen LogP contribution < -0.4 is 5.32 Å². The molecule has 0 bridgehead atoms. The third kappa shape index (κ3) is 4.01. The summed E-state index contributed by atoms with van der Waals surface area (Å²) < 4.78 is 5.42. The van der Waals surface area contributed by atoms with Crippen molar-refractivity contribution in [1.82, 2.24) is 14.9 Å². The highest BCUT2D eigenvalue weighted by Gasteiger charge is 2.23. The number of carbonyl (C=O) groups excluding carboxylic acids is 2. The van der Waals surface area contributed by atoms with Crippen LogP contribution in [0.2, 0.25) is 0 Å². The van der Waals surface area contributed by atoms with Crippen molar-refractivity contribution in [3.8, 4) is 11.6 Å². The number of aromatic nitrogens is 2. The molecular weight excluding hydrogens is 424 g/mol. The van der Waals surface area contributed by atoms with Crippen molar-refractivity contribution in [2.75, 3.05) is 18.9 Å². The number of benzene rings is 1. The van der Waals surface area contributed by atoms with Gasteiger partial charge < -0.3 is 14.6 Å². The number of nitrogens with zero attached hydrogens (tertiary/aromatic N) is 3. The molecule has 0 aliphatic heterocycles. The predicted molar refractivity (Wildman–Crippen MR) is 126 cm³/mol. The van der Waals surface area contributed by atoms with E-state index in [4.69, 9.17) is 4.42 Å². The first kappa shape index (κ1) is 21.7. The van der Waals surface area contributed by atoms with Crippen LogP contribution in [0.5, 0.6) is 0 Å². The Kier molecular flexibility index (Phi) is 5.80. The molecule has 2 amide bonds. The minimum absolute atomic E-state index is 0.0530. The Balaban J connectivity index is 1.57. The lowest BCUT2D eigenvalue weighted by molar-refractivity contribution is -0.116. The molecule has 1 N–H and O–H groups in total. The monoisotopic (exact) mass is 448 g/mol. The summed E-state index contributed by atoms with van der Waals surface area (Å²) in [5, 5.41) is 3.79. The number of thiophene rings is 1. The highest BCUT2D eigenvalue weighted by molar-refractivity contribution is 7.20. The van der Waals surface area contributed by atoms with Crippen molar-refractivity contribution in [3.05, 3.63) is 63.9 Å². The van der Waals surface area contributed by atoms with Gasteiger partial charge in [0.05, 0.1) is 23.4 Å². The number of rotatable bonds is 5. The smallest absolute Gasteiger partial charge is 0.264 e. The molecule has 0 aliphatic carbocycles. The van der Waals surface area contributed by atoms with Crippen LogP contribution in [0.1, 0.15) is 32.1 Å². The Bertz CT molecular complexity index is 1300. The van der Waals surface area contributed by atoms with E-state index >= 15 is 0 Å². The number of amides is 2. The van der Waals surface area contributed by atoms with E-state index in [1.54, 1.807) is 25.4 Å². The van der Waals surface area contributed by atoms with Gasteiger partial charge in [0, 0.05) is 18.1 Å². The molecule has 7 nitrogen and oxygen atoms in total. The second-order valence-corrected chi connectivity index (χ2v) is 8.82. The maximum atomic E-state index is 13.2. The molecule has 4 aromatic rings. The lowest BCUT2D eigenvalue weighted by Gasteiger charge is -2.18. The molecule has 32 heavy (non-hydrogen) atoms. The molecule has 0 spiro atoms. The fourth-order valence-corrected chi connectivity index (χ4v) is 4.94. The quantitative estimate of drug-likeness (QED) is 0.469. The molecule has 0 saturated heterocycles. The van der Waals surface area contributed by atoms with E-state index < -0.39 is 0 Å². The second kappa shape index (κ2) is 8.55. The van der Waals surface area contributed by atoms with Gasteiger partial charge in [-0.15, -0.1) is 11.3 Å². The third-order valence-electron chi connectivity index (χ3n) is 5.38. The van der Waals surface area contributed by atoms with Crippen LogP contribution >= 0.6 is 11.3 Å². The van der Waals surface area contributed by atoms with Gasteiger partial charge >= 0.3 is 0 Å². The summed E-state index contributed by atoms with van der Waals surface area (Å²) in [6, 6.07) is 9.42. The number of fused-ring (bicyclic) bond motifs is 1. The first-order valence-electron chi connectivity index (χ1n) is 10.2. The van der Waals surface area contributed by atoms with E-state index in [9.17, 15) is 9.59 Å². The van der Waals surface area contributed by atoms with Crippen LogP contribution in [-0.4, -0.2) is 40.3 Å². The van der Waals surface area contributed by atoms with Crippen molar-refractivity contribution in [2.45, 2.75) is 27.7 Å². The molecule has 3 aromatic heterocycles. The molecule has 4 rings (SSSR count). The number of anilines is 1. The molecule has 3 heterocycles. The van der Waals surface area contributed by atoms with E-state index in [0.717, 1.165) is 38.3 Å². The molecule has 0 unspecified atom stereocenters. The van der Waals surface area contributed by atoms with Crippen molar-refractivity contribution in [2.24, 2.45) is 0 Å². The first-order valence-corrected chi connectivity index (χ1v) is 11.0. The fourth-order valence-electron chi connectivity index (χ4n) is 3.71. The van der Waals surface area contributed by atoms with Gasteiger partial charge in [-0.05, 0) is 56.5 Å². The maximum absolute atomic E-state index is 13.2. The molecular formula is C24H24N4O3S. The summed E-state index contributed by atoms with van der Waals surface area (Å²) in [7, 11) is 1.63. The zero-order chi connectivity index (χ0) is 23.0. The summed E-state index contributed by atoms with van der Waals surface area (Å²) in [5.74, 6) is 0.602. The zero-order valence-corrected chi connectivity index (χ0v) is 19.5. The van der Waals surface area contributed by atoms with Crippen LogP contribution in [0.3, 0.4) is 0 Å². The standard InChI is InChI=1S/C24H24N4O3S/c1-13-8-6-9-14(2)20(13)26-18(29)12-28(5)24(30)21-15(3)19-16(4)25-22(27-23(19)32-21)17-10-7-11-31-17/h6-11H,12H2,1-5H3,(H,26,29). The number of hydrogen-bond acceptors (Lipinski definition) is 6. The zero-order valence-electron chi connectivity index (χ0n) is 18.6. The van der Waals surface area contributed by atoms with E-state index in [1.165, 1.54) is 16.2 Å². The Morgan fingerprint density at radius 1 is 1.06 bits per heavy atom. The predicted octanol–water partition coefficient (Wildman–Crippen LogP) is 4.90. The summed E-state index contributed by atoms with van der Waals surface area (Å²) in [6.45, 7) is 7.62. The van der Waals surface area contributed by atoms with E-state index in [2.05, 4.69) is 15.3 Å². The van der Waals surface area contributed by atoms with Crippen molar-refractivity contribution in [1.29, 1.82) is 0 Å². The van der Waals surface area contributed by atoms with Gasteiger partial charge in [-0.1, -0.05) is 18.2 Å². The molecule has 8 heteroatoms. The topological polar surface area (TPSA) is 88.3 Å². The number of furan rings is 1. The maximum Gasteiger partial charge on any atom is 0.264 e. The average Bonchev–Trinajstić information content (AvgIpc) is 3.39. The number of aryl methyl sites for hydroxylation is 4. The minimum Gasteiger partial charge on any atom is -0.461 e. The van der Waals surface area contributed by atoms with Gasteiger partial charge in [0.2, 0.25) is 5.91 Å². The number of hydrogen-bond donors (Lipinski definition) is 1. The van der Waals surface area contributed by atoms with E-state index in [1.807, 2.05) is 45.9 Å². The third-order valence-corrected chi connectivity index (χ3v) is 6.55. The van der Waals surface area contributed by atoms with Gasteiger partial charge in [0.25, 0.3) is 5.91 Å². The minimum atomic E-state index is -0.243. The molecule has 164 valence electrons. The van der Waals surface area contributed by atoms with Gasteiger partial charge in [0.1, 0.15) is 4.83 Å². The first-order chi connectivity index (χ1) is 15.3. The highest BCUT2D eigenvalue weighted by atomic mass is 32.1. The summed E-state index contributed by atoms with van der Waals surface area (Å²) in [5.41, 5.74) is 4.35. The SMILES string of the molecule is Cc1cccc(C)c1NC(=O)CN(C)C(=O)c1sc2nc(-c3ccco3)nc(C)c2c1C. The Morgan fingerprint density at radius 2 is 1.78 bits per heavy atom. The fraction of sp³-hybridized carbons (Fsp3) is 0.250. The van der Waals surface area contributed by atoms with Gasteiger partial charge in [0.15, 0.2) is 11.6 Å². The van der Waals surface area contributed by atoms with Crippen molar-refractivity contribution in [3.63, 3.8) is 0 Å². The van der Waals surface area contributed by atoms with Crippen molar-refractivity contribution >= 4 is 39.1 Å². The highest BCUT2D eigenvalue weighted by Crippen LogP contribution is 2.33. The van der Waals surface area contributed by atoms with Gasteiger partial charge in [-0.3, -0.25) is 9.59 Å². The Morgan fingerprint density at radius 3 is 2.44 bits per heavy atom. The number of carbonyl (C=O) groups is 2. The largest absolute Gasteiger partial charge is 0.461 e. The van der Waals surface area contributed by atoms with Crippen molar-refractivity contribution < 1.29 is 14.0 Å². The number of nitrogens with one attached hydrogen (secondary N) is 1. The molecule has 1 aromatic carbocycles. The van der Waals surface area contributed by atoms with Crippen LogP contribution in [-0.2, 0) is 4.79 Å². The van der Waals surface area contributed by atoms with E-state index in [0.29, 0.717) is 16.5 Å². The summed E-state index contributed by atoms with van der Waals surface area (Å²) >= 11 is 1.31. The van der Waals surface area contributed by atoms with Gasteiger partial charge in [-0.25, -0.2) is 9.97 Å². The van der Waals surface area contributed by atoms with Gasteiger partial charge in [-0.2, -0.15) is 0 Å². The molecule has 0 aliphatic rings. The van der Waals surface area contributed by atoms with Crippen LogP contribution in [0.25, 0.3) is 21.8 Å². The Labute approximate surface area is 190 Å². The summed E-state index contributed by atoms with van der Waals surface area (Å²) in [6.07, 6.45) is 1.57. The average molecular weight is 449 g/mol. The number of para-hydroxylation sites is 1. The van der Waals surface area contributed by atoms with Crippen LogP contribution in [0.15, 0.2) is 41.0 Å². The lowest BCUT2D eigenvalue weighted by atomic mass is 10.1. The molecule has 0 radical (unpaired) electrons. The molecule has 0 saturated carbocycles. The summed E-state index contributed by atoms with van der Waals surface area (Å²) in [4.78, 5) is 37.6. The molecule has 0 fully saturated rings.